The number of nitrogen functional groups attached to an aromatic ring is 1. The number of ether oxygens (including phenoxy) is 1. The van der Waals surface area contributed by atoms with E-state index in [1.54, 1.807) is 13.3 Å². The maximum atomic E-state index is 6.15. The first-order valence-corrected chi connectivity index (χ1v) is 9.21. The SMILES string of the molecule is COc1ccc(-c2nnc(SCc3ncc(-c4ccccc4)o3)n2N)cc1. The number of rotatable bonds is 6. The molecule has 0 saturated carbocycles. The Hall–Kier alpha value is -3.26. The van der Waals surface area contributed by atoms with E-state index in [2.05, 4.69) is 15.2 Å². The molecule has 0 amide bonds. The zero-order chi connectivity index (χ0) is 18.6. The minimum absolute atomic E-state index is 0.505. The number of thioether (sulfide) groups is 1. The molecule has 0 fully saturated rings. The van der Waals surface area contributed by atoms with E-state index in [0.29, 0.717) is 22.6 Å². The number of nitrogens with two attached hydrogens (primary N) is 1. The van der Waals surface area contributed by atoms with Gasteiger partial charge in [-0.25, -0.2) is 9.66 Å². The molecule has 0 aliphatic heterocycles. The molecule has 0 aliphatic carbocycles. The van der Waals surface area contributed by atoms with E-state index >= 15 is 0 Å². The highest BCUT2D eigenvalue weighted by Gasteiger charge is 2.14. The van der Waals surface area contributed by atoms with Crippen molar-refractivity contribution in [3.63, 3.8) is 0 Å². The number of aromatic nitrogens is 4. The molecule has 0 bridgehead atoms. The monoisotopic (exact) mass is 379 g/mol. The van der Waals surface area contributed by atoms with Gasteiger partial charge in [0.15, 0.2) is 11.6 Å². The molecular weight excluding hydrogens is 362 g/mol. The maximum absolute atomic E-state index is 6.15. The number of nitrogens with zero attached hydrogens (tertiary/aromatic N) is 4. The second kappa shape index (κ2) is 7.55. The van der Waals surface area contributed by atoms with Gasteiger partial charge >= 0.3 is 0 Å². The van der Waals surface area contributed by atoms with Gasteiger partial charge < -0.3 is 15.0 Å². The molecule has 0 spiro atoms. The molecule has 136 valence electrons. The van der Waals surface area contributed by atoms with E-state index in [1.807, 2.05) is 54.6 Å². The lowest BCUT2D eigenvalue weighted by atomic mass is 10.2. The molecular formula is C19H17N5O2S. The van der Waals surface area contributed by atoms with Crippen molar-refractivity contribution < 1.29 is 9.15 Å². The Bertz CT molecular complexity index is 1030. The van der Waals surface area contributed by atoms with Crippen molar-refractivity contribution in [2.75, 3.05) is 13.0 Å². The van der Waals surface area contributed by atoms with Crippen molar-refractivity contribution in [3.8, 4) is 28.5 Å². The third-order valence-corrected chi connectivity index (χ3v) is 4.88. The van der Waals surface area contributed by atoms with E-state index in [0.717, 1.165) is 22.6 Å². The van der Waals surface area contributed by atoms with Crippen molar-refractivity contribution in [2.24, 2.45) is 0 Å². The van der Waals surface area contributed by atoms with Crippen molar-refractivity contribution in [1.82, 2.24) is 19.9 Å². The molecule has 7 nitrogen and oxygen atoms in total. The normalized spacial score (nSPS) is 10.9. The van der Waals surface area contributed by atoms with Crippen LogP contribution in [-0.2, 0) is 5.75 Å². The van der Waals surface area contributed by atoms with E-state index in [-0.39, 0.29) is 0 Å². The third-order valence-electron chi connectivity index (χ3n) is 3.95. The second-order valence-electron chi connectivity index (χ2n) is 5.68. The van der Waals surface area contributed by atoms with Crippen molar-refractivity contribution in [3.05, 3.63) is 66.7 Å². The smallest absolute Gasteiger partial charge is 0.210 e. The van der Waals surface area contributed by atoms with Crippen LogP contribution >= 0.6 is 11.8 Å². The van der Waals surface area contributed by atoms with Gasteiger partial charge in [-0.2, -0.15) is 0 Å². The van der Waals surface area contributed by atoms with Crippen LogP contribution in [0.25, 0.3) is 22.7 Å². The molecule has 0 unspecified atom stereocenters. The van der Waals surface area contributed by atoms with Gasteiger partial charge in [0, 0.05) is 11.1 Å². The molecule has 2 N–H and O–H groups in total. The lowest BCUT2D eigenvalue weighted by molar-refractivity contribution is 0.415. The van der Waals surface area contributed by atoms with E-state index < -0.39 is 0 Å². The van der Waals surface area contributed by atoms with Crippen molar-refractivity contribution in [1.29, 1.82) is 0 Å². The summed E-state index contributed by atoms with van der Waals surface area (Å²) in [6.45, 7) is 0. The Morgan fingerprint density at radius 1 is 1.04 bits per heavy atom. The first-order chi connectivity index (χ1) is 13.2. The zero-order valence-electron chi connectivity index (χ0n) is 14.6. The van der Waals surface area contributed by atoms with Crippen LogP contribution in [0, 0.1) is 0 Å². The Morgan fingerprint density at radius 2 is 1.81 bits per heavy atom. The fraction of sp³-hybridized carbons (Fsp3) is 0.105. The molecule has 2 heterocycles. The van der Waals surface area contributed by atoms with Crippen LogP contribution in [0.2, 0.25) is 0 Å². The quantitative estimate of drug-likeness (QED) is 0.404. The number of methoxy groups -OCH3 is 1. The zero-order valence-corrected chi connectivity index (χ0v) is 15.4. The predicted molar refractivity (Wildman–Crippen MR) is 104 cm³/mol. The molecule has 0 atom stereocenters. The standard InChI is InChI=1S/C19H17N5O2S/c1-25-15-9-7-14(8-10-15)18-22-23-19(24(18)20)27-12-17-21-11-16(26-17)13-5-3-2-4-6-13/h2-11H,12,20H2,1H3. The van der Waals surface area contributed by atoms with Gasteiger partial charge in [0.05, 0.1) is 19.1 Å². The molecule has 8 heteroatoms. The first kappa shape index (κ1) is 17.2. The minimum Gasteiger partial charge on any atom is -0.497 e. The number of hydrogen-bond donors (Lipinski definition) is 1. The van der Waals surface area contributed by atoms with Gasteiger partial charge in [-0.15, -0.1) is 10.2 Å². The highest BCUT2D eigenvalue weighted by atomic mass is 32.2. The molecule has 0 radical (unpaired) electrons. The summed E-state index contributed by atoms with van der Waals surface area (Å²) in [6, 6.07) is 17.3. The van der Waals surface area contributed by atoms with Gasteiger partial charge in [-0.3, -0.25) is 0 Å². The molecule has 4 rings (SSSR count). The highest BCUT2D eigenvalue weighted by molar-refractivity contribution is 7.98. The average Bonchev–Trinajstić information content (AvgIpc) is 3.34. The highest BCUT2D eigenvalue weighted by Crippen LogP contribution is 2.27. The maximum Gasteiger partial charge on any atom is 0.210 e. The topological polar surface area (TPSA) is 92.0 Å². The molecule has 27 heavy (non-hydrogen) atoms. The summed E-state index contributed by atoms with van der Waals surface area (Å²) < 4.78 is 12.4. The Morgan fingerprint density at radius 3 is 2.56 bits per heavy atom. The molecule has 2 aromatic heterocycles. The Balaban J connectivity index is 1.46. The Kier molecular flexibility index (Phi) is 4.80. The number of hydrogen-bond acceptors (Lipinski definition) is 7. The van der Waals surface area contributed by atoms with Crippen molar-refractivity contribution in [2.45, 2.75) is 10.9 Å². The minimum atomic E-state index is 0.505. The van der Waals surface area contributed by atoms with Crippen LogP contribution in [0.15, 0.2) is 70.4 Å². The van der Waals surface area contributed by atoms with Crippen LogP contribution in [-0.4, -0.2) is 27.0 Å². The molecule has 4 aromatic rings. The van der Waals surface area contributed by atoms with Crippen LogP contribution < -0.4 is 10.6 Å². The van der Waals surface area contributed by atoms with Gasteiger partial charge in [-0.05, 0) is 24.3 Å². The summed E-state index contributed by atoms with van der Waals surface area (Å²) in [5.74, 6) is 9.35. The number of benzene rings is 2. The van der Waals surface area contributed by atoms with Crippen molar-refractivity contribution >= 4 is 11.8 Å². The predicted octanol–water partition coefficient (Wildman–Crippen LogP) is 3.61. The summed E-state index contributed by atoms with van der Waals surface area (Å²) >= 11 is 1.42. The Labute approximate surface area is 160 Å². The fourth-order valence-corrected chi connectivity index (χ4v) is 3.26. The summed E-state index contributed by atoms with van der Waals surface area (Å²) in [6.07, 6.45) is 1.72. The summed E-state index contributed by atoms with van der Waals surface area (Å²) in [7, 11) is 1.63. The summed E-state index contributed by atoms with van der Waals surface area (Å²) in [5.41, 5.74) is 1.85. The van der Waals surface area contributed by atoms with Crippen LogP contribution in [0.3, 0.4) is 0 Å². The van der Waals surface area contributed by atoms with Gasteiger partial charge in [-0.1, -0.05) is 42.1 Å². The van der Waals surface area contributed by atoms with Crippen LogP contribution in [0.5, 0.6) is 5.75 Å². The summed E-state index contributed by atoms with van der Waals surface area (Å²) in [4.78, 5) is 4.32. The average molecular weight is 379 g/mol. The van der Waals surface area contributed by atoms with E-state index in [4.69, 9.17) is 15.0 Å². The fourth-order valence-electron chi connectivity index (χ4n) is 2.55. The van der Waals surface area contributed by atoms with Gasteiger partial charge in [0.1, 0.15) is 5.75 Å². The van der Waals surface area contributed by atoms with E-state index in [1.165, 1.54) is 16.4 Å². The van der Waals surface area contributed by atoms with E-state index in [9.17, 15) is 0 Å². The molecule has 2 aromatic carbocycles. The molecule has 0 saturated heterocycles. The second-order valence-corrected chi connectivity index (χ2v) is 6.62. The van der Waals surface area contributed by atoms with Gasteiger partial charge in [0.2, 0.25) is 11.0 Å². The largest absolute Gasteiger partial charge is 0.497 e. The van der Waals surface area contributed by atoms with Gasteiger partial charge in [0.25, 0.3) is 0 Å². The molecule has 0 aliphatic rings. The van der Waals surface area contributed by atoms with Crippen LogP contribution in [0.1, 0.15) is 5.89 Å². The first-order valence-electron chi connectivity index (χ1n) is 8.22. The third kappa shape index (κ3) is 3.65. The summed E-state index contributed by atoms with van der Waals surface area (Å²) in [5, 5.41) is 8.93. The lowest BCUT2D eigenvalue weighted by Gasteiger charge is -2.04. The van der Waals surface area contributed by atoms with Crippen LogP contribution in [0.4, 0.5) is 0 Å². The lowest BCUT2D eigenvalue weighted by Crippen LogP contribution is -2.11. The number of oxazole rings is 1.